The van der Waals surface area contributed by atoms with E-state index in [0.29, 0.717) is 65.4 Å². The van der Waals surface area contributed by atoms with Crippen molar-refractivity contribution in [1.82, 2.24) is 5.32 Å². The molecule has 0 aromatic carbocycles. The Labute approximate surface area is 158 Å². The molecule has 0 spiro atoms. The molecule has 1 aliphatic heterocycles. The van der Waals surface area contributed by atoms with E-state index >= 15 is 0 Å². The van der Waals surface area contributed by atoms with Gasteiger partial charge in [0.25, 0.3) is 0 Å². The zero-order valence-electron chi connectivity index (χ0n) is 16.3. The Bertz CT molecular complexity index is 323. The first-order valence-electron chi connectivity index (χ1n) is 10.0. The number of carbonyl (C=O) groups is 1. The van der Waals surface area contributed by atoms with Gasteiger partial charge >= 0.3 is 5.97 Å². The monoisotopic (exact) mass is 375 g/mol. The minimum Gasteiger partial charge on any atom is -0.463 e. The summed E-state index contributed by atoms with van der Waals surface area (Å²) in [4.78, 5) is 11.4. The van der Waals surface area contributed by atoms with Gasteiger partial charge in [-0.1, -0.05) is 19.8 Å². The second-order valence-electron chi connectivity index (χ2n) is 6.33. The maximum Gasteiger partial charge on any atom is 0.305 e. The van der Waals surface area contributed by atoms with E-state index in [1.165, 1.54) is 0 Å². The highest BCUT2D eigenvalue weighted by Crippen LogP contribution is 2.06. The number of nitrogens with one attached hydrogen (secondary N) is 1. The van der Waals surface area contributed by atoms with E-state index in [1.807, 2.05) is 0 Å². The van der Waals surface area contributed by atoms with Crippen molar-refractivity contribution in [3.05, 3.63) is 0 Å². The number of hydrogen-bond donors (Lipinski definition) is 1. The molecule has 1 N–H and O–H groups in total. The Morgan fingerprint density at radius 3 is 2.04 bits per heavy atom. The molecule has 0 radical (unpaired) electrons. The Kier molecular flexibility index (Phi) is 15.8. The van der Waals surface area contributed by atoms with Crippen LogP contribution in [0.15, 0.2) is 0 Å². The highest BCUT2D eigenvalue weighted by molar-refractivity contribution is 5.69. The van der Waals surface area contributed by atoms with Crippen LogP contribution in [-0.4, -0.2) is 78.0 Å². The van der Waals surface area contributed by atoms with Gasteiger partial charge in [-0.3, -0.25) is 4.79 Å². The molecule has 1 heterocycles. The number of ether oxygens (including phenoxy) is 5. The minimum atomic E-state index is -0.139. The average Bonchev–Trinajstić information content (AvgIpc) is 2.66. The highest BCUT2D eigenvalue weighted by Gasteiger charge is 2.12. The molecule has 1 saturated heterocycles. The molecule has 1 aliphatic rings. The molecular weight excluding hydrogens is 338 g/mol. The molecule has 26 heavy (non-hydrogen) atoms. The fraction of sp³-hybridized carbons (Fsp3) is 0.947. The fourth-order valence-corrected chi connectivity index (χ4v) is 2.58. The van der Waals surface area contributed by atoms with Gasteiger partial charge in [-0.05, 0) is 32.4 Å². The summed E-state index contributed by atoms with van der Waals surface area (Å²) in [6.45, 7) is 8.28. The third-order valence-electron chi connectivity index (χ3n) is 4.09. The largest absolute Gasteiger partial charge is 0.463 e. The second-order valence-corrected chi connectivity index (χ2v) is 6.33. The van der Waals surface area contributed by atoms with Crippen LogP contribution in [0.1, 0.15) is 45.4 Å². The summed E-state index contributed by atoms with van der Waals surface area (Å²) in [5, 5.41) is 3.32. The SMILES string of the molecule is CCCCCC(=O)OCCOCCOCCOCCOC1CCNCC1. The summed E-state index contributed by atoms with van der Waals surface area (Å²) >= 11 is 0. The quantitative estimate of drug-likeness (QED) is 0.307. The van der Waals surface area contributed by atoms with Gasteiger partial charge in [0.05, 0.1) is 52.4 Å². The highest BCUT2D eigenvalue weighted by atomic mass is 16.6. The number of rotatable bonds is 17. The normalized spacial score (nSPS) is 15.3. The topological polar surface area (TPSA) is 75.3 Å². The fourth-order valence-electron chi connectivity index (χ4n) is 2.58. The van der Waals surface area contributed by atoms with Gasteiger partial charge in [0, 0.05) is 6.42 Å². The Hall–Kier alpha value is -0.730. The molecule has 0 atom stereocenters. The summed E-state index contributed by atoms with van der Waals surface area (Å²) in [5.41, 5.74) is 0. The average molecular weight is 376 g/mol. The Morgan fingerprint density at radius 2 is 1.42 bits per heavy atom. The summed E-state index contributed by atoms with van der Waals surface area (Å²) in [6, 6.07) is 0. The molecule has 0 amide bonds. The molecule has 0 aromatic heterocycles. The van der Waals surface area contributed by atoms with E-state index in [4.69, 9.17) is 23.7 Å². The van der Waals surface area contributed by atoms with Crippen molar-refractivity contribution in [2.45, 2.75) is 51.6 Å². The molecule has 1 rings (SSSR count). The number of hydrogen-bond acceptors (Lipinski definition) is 7. The molecule has 154 valence electrons. The minimum absolute atomic E-state index is 0.139. The lowest BCUT2D eigenvalue weighted by Gasteiger charge is -2.22. The molecule has 0 saturated carbocycles. The zero-order chi connectivity index (χ0) is 18.7. The maximum atomic E-state index is 11.4. The van der Waals surface area contributed by atoms with Crippen molar-refractivity contribution >= 4 is 5.97 Å². The number of carbonyl (C=O) groups excluding carboxylic acids is 1. The summed E-state index contributed by atoms with van der Waals surface area (Å²) in [7, 11) is 0. The number of unbranched alkanes of at least 4 members (excludes halogenated alkanes) is 2. The zero-order valence-corrected chi connectivity index (χ0v) is 16.3. The van der Waals surface area contributed by atoms with Gasteiger partial charge in [0.2, 0.25) is 0 Å². The predicted octanol–water partition coefficient (Wildman–Crippen LogP) is 1.93. The summed E-state index contributed by atoms with van der Waals surface area (Å²) < 4.78 is 27.1. The first-order chi connectivity index (χ1) is 12.8. The van der Waals surface area contributed by atoms with Crippen LogP contribution in [0, 0.1) is 0 Å². The lowest BCUT2D eigenvalue weighted by atomic mass is 10.1. The molecule has 0 bridgehead atoms. The maximum absolute atomic E-state index is 11.4. The van der Waals surface area contributed by atoms with E-state index in [9.17, 15) is 4.79 Å². The Balaban J connectivity index is 1.71. The first kappa shape index (κ1) is 23.3. The molecular formula is C19H37NO6. The summed E-state index contributed by atoms with van der Waals surface area (Å²) in [5.74, 6) is -0.139. The third-order valence-corrected chi connectivity index (χ3v) is 4.09. The van der Waals surface area contributed by atoms with Crippen LogP contribution < -0.4 is 5.32 Å². The molecule has 7 heteroatoms. The standard InChI is InChI=1S/C19H37NO6/c1-2-3-4-5-19(21)26-17-15-24-13-11-22-10-12-23-14-16-25-18-6-8-20-9-7-18/h18,20H,2-17H2,1H3. The summed E-state index contributed by atoms with van der Waals surface area (Å²) in [6.07, 6.45) is 6.12. The van der Waals surface area contributed by atoms with E-state index in [1.54, 1.807) is 0 Å². The first-order valence-corrected chi connectivity index (χ1v) is 10.0. The molecule has 1 fully saturated rings. The van der Waals surface area contributed by atoms with Crippen LogP contribution in [0.2, 0.25) is 0 Å². The van der Waals surface area contributed by atoms with Crippen molar-refractivity contribution in [2.24, 2.45) is 0 Å². The molecule has 0 aliphatic carbocycles. The van der Waals surface area contributed by atoms with Crippen molar-refractivity contribution in [3.8, 4) is 0 Å². The van der Waals surface area contributed by atoms with Gasteiger partial charge in [0.15, 0.2) is 0 Å². The molecule has 0 unspecified atom stereocenters. The van der Waals surface area contributed by atoms with Crippen molar-refractivity contribution in [3.63, 3.8) is 0 Å². The second kappa shape index (κ2) is 17.7. The van der Waals surface area contributed by atoms with Crippen LogP contribution in [0.4, 0.5) is 0 Å². The van der Waals surface area contributed by atoms with Crippen LogP contribution in [0.5, 0.6) is 0 Å². The third kappa shape index (κ3) is 14.4. The van der Waals surface area contributed by atoms with Gasteiger partial charge in [-0.15, -0.1) is 0 Å². The van der Waals surface area contributed by atoms with Crippen LogP contribution in [0.3, 0.4) is 0 Å². The van der Waals surface area contributed by atoms with E-state index < -0.39 is 0 Å². The Morgan fingerprint density at radius 1 is 0.846 bits per heavy atom. The molecule has 7 nitrogen and oxygen atoms in total. The lowest BCUT2D eigenvalue weighted by molar-refractivity contribution is -0.145. The van der Waals surface area contributed by atoms with E-state index in [2.05, 4.69) is 12.2 Å². The van der Waals surface area contributed by atoms with Crippen molar-refractivity contribution in [2.75, 3.05) is 65.9 Å². The van der Waals surface area contributed by atoms with Crippen LogP contribution in [-0.2, 0) is 28.5 Å². The van der Waals surface area contributed by atoms with Gasteiger partial charge in [-0.2, -0.15) is 0 Å². The van der Waals surface area contributed by atoms with E-state index in [0.717, 1.165) is 45.2 Å². The number of piperidine rings is 1. The lowest BCUT2D eigenvalue weighted by Crippen LogP contribution is -2.33. The van der Waals surface area contributed by atoms with Crippen LogP contribution in [0.25, 0.3) is 0 Å². The molecule has 0 aromatic rings. The predicted molar refractivity (Wildman–Crippen MR) is 99.4 cm³/mol. The smallest absolute Gasteiger partial charge is 0.305 e. The van der Waals surface area contributed by atoms with Crippen molar-refractivity contribution < 1.29 is 28.5 Å². The van der Waals surface area contributed by atoms with Crippen LogP contribution >= 0.6 is 0 Å². The van der Waals surface area contributed by atoms with Crippen molar-refractivity contribution in [1.29, 1.82) is 0 Å². The number of esters is 1. The van der Waals surface area contributed by atoms with Gasteiger partial charge < -0.3 is 29.0 Å². The van der Waals surface area contributed by atoms with E-state index in [-0.39, 0.29) is 5.97 Å². The van der Waals surface area contributed by atoms with Gasteiger partial charge in [-0.25, -0.2) is 0 Å². The van der Waals surface area contributed by atoms with Gasteiger partial charge in [0.1, 0.15) is 6.61 Å².